The van der Waals surface area contributed by atoms with Crippen molar-refractivity contribution in [3.05, 3.63) is 19.2 Å². The smallest absolute Gasteiger partial charge is 0.0536 e. The molecule has 101 valence electrons. The van der Waals surface area contributed by atoms with Gasteiger partial charge in [-0.2, -0.15) is 12.3 Å². The van der Waals surface area contributed by atoms with Crippen molar-refractivity contribution in [1.29, 1.82) is 0 Å². The molecule has 5 heteroatoms. The zero-order chi connectivity index (χ0) is 11.0. The second-order valence-electron chi connectivity index (χ2n) is 4.49. The molecule has 0 aromatic heterocycles. The summed E-state index contributed by atoms with van der Waals surface area (Å²) in [4.78, 5) is 0. The molecule has 0 saturated carbocycles. The molecule has 1 aliphatic rings. The van der Waals surface area contributed by atoms with Crippen LogP contribution in [-0.4, -0.2) is 24.0 Å². The zero-order valence-corrected chi connectivity index (χ0v) is 17.5. The zero-order valence-electron chi connectivity index (χ0n) is 11.7. The summed E-state index contributed by atoms with van der Waals surface area (Å²) in [6.45, 7) is 10.3. The van der Waals surface area contributed by atoms with E-state index < -0.39 is 0 Å². The van der Waals surface area contributed by atoms with Gasteiger partial charge >= 0.3 is 0 Å². The first-order valence-electron chi connectivity index (χ1n) is 5.13. The van der Waals surface area contributed by atoms with Crippen LogP contribution in [0, 0.1) is 19.3 Å². The first-order chi connectivity index (χ1) is 6.49. The third-order valence-corrected chi connectivity index (χ3v) is 2.12. The molecule has 1 saturated heterocycles. The van der Waals surface area contributed by atoms with Gasteiger partial charge in [0.15, 0.2) is 0 Å². The molecular formula is C12H25N2OWY-3. The van der Waals surface area contributed by atoms with Crippen LogP contribution in [0.15, 0.2) is 5.16 Å². The third kappa shape index (κ3) is 19.7. The average Bonchev–Trinajstić information content (AvgIpc) is 2.19. The number of nitrogens with zero attached hydrogens (tertiary/aromatic N) is 2. The van der Waals surface area contributed by atoms with Crippen LogP contribution in [0.3, 0.4) is 0 Å². The van der Waals surface area contributed by atoms with Crippen molar-refractivity contribution in [3.8, 4) is 0 Å². The van der Waals surface area contributed by atoms with Crippen molar-refractivity contribution >= 4 is 5.71 Å². The Hall–Kier alpha value is 1.22. The fourth-order valence-electron chi connectivity index (χ4n) is 0.753. The fraction of sp³-hybridized carbons (Fsp3) is 0.750. The van der Waals surface area contributed by atoms with Gasteiger partial charge in [-0.25, -0.2) is 0 Å². The van der Waals surface area contributed by atoms with Crippen LogP contribution in [0.5, 0.6) is 0 Å². The molecule has 1 heterocycles. The molecule has 17 heavy (non-hydrogen) atoms. The summed E-state index contributed by atoms with van der Waals surface area (Å²) in [6, 6.07) is 0. The molecule has 1 N–H and O–H groups in total. The predicted molar refractivity (Wildman–Crippen MR) is 67.4 cm³/mol. The number of oxime groups is 1. The first kappa shape index (κ1) is 26.7. The first-order valence-corrected chi connectivity index (χ1v) is 5.13. The maximum atomic E-state index is 8.24. The molecule has 0 bridgehead atoms. The van der Waals surface area contributed by atoms with Gasteiger partial charge in [-0.05, 0) is 12.8 Å². The average molecular weight is 486 g/mol. The van der Waals surface area contributed by atoms with Crippen molar-refractivity contribution in [2.45, 2.75) is 40.5 Å². The van der Waals surface area contributed by atoms with Gasteiger partial charge in [0.1, 0.15) is 0 Å². The van der Waals surface area contributed by atoms with Gasteiger partial charge in [0, 0.05) is 53.8 Å². The van der Waals surface area contributed by atoms with E-state index in [9.17, 15) is 0 Å². The maximum Gasteiger partial charge on any atom is 0.0536 e. The summed E-state index contributed by atoms with van der Waals surface area (Å²) < 4.78 is 0. The van der Waals surface area contributed by atoms with Crippen LogP contribution in [0.1, 0.15) is 40.5 Å². The Morgan fingerprint density at radius 2 is 1.59 bits per heavy atom. The molecule has 0 aromatic carbocycles. The molecule has 0 aliphatic carbocycles. The Balaban J connectivity index is -0.0000000873. The van der Waals surface area contributed by atoms with E-state index in [-0.39, 0.29) is 61.2 Å². The minimum atomic E-state index is 0. The van der Waals surface area contributed by atoms with Gasteiger partial charge < -0.3 is 24.4 Å². The molecule has 0 unspecified atom stereocenters. The molecular weight excluding hydrogens is 461 g/mol. The number of hydrogen-bond donors (Lipinski definition) is 1. The molecule has 1 radical (unpaired) electrons. The van der Waals surface area contributed by atoms with E-state index in [1.54, 1.807) is 0 Å². The minimum absolute atomic E-state index is 0. The second kappa shape index (κ2) is 15.3. The van der Waals surface area contributed by atoms with Crippen LogP contribution < -0.4 is 0 Å². The summed E-state index contributed by atoms with van der Waals surface area (Å²) in [5, 5.41) is 15.4. The minimum Gasteiger partial charge on any atom is -0.662 e. The SMILES string of the molecule is C[CH-]C(C)(C)C.ON=C1CC[N-]CC1.[CH3-].[W].[Y]. The Labute approximate surface area is 147 Å². The number of piperidine rings is 1. The van der Waals surface area contributed by atoms with Crippen molar-refractivity contribution in [2.24, 2.45) is 10.6 Å². The fourth-order valence-corrected chi connectivity index (χ4v) is 0.753. The summed E-state index contributed by atoms with van der Waals surface area (Å²) in [6.07, 6.45) is 3.88. The number of rotatable bonds is 0. The molecule has 0 atom stereocenters. The van der Waals surface area contributed by atoms with E-state index in [4.69, 9.17) is 5.21 Å². The molecule has 1 fully saturated rings. The van der Waals surface area contributed by atoms with Gasteiger partial charge in [-0.1, -0.05) is 25.9 Å². The molecule has 1 rings (SSSR count). The van der Waals surface area contributed by atoms with Crippen molar-refractivity contribution in [1.82, 2.24) is 0 Å². The maximum absolute atomic E-state index is 8.24. The van der Waals surface area contributed by atoms with Gasteiger partial charge in [0.25, 0.3) is 0 Å². The second-order valence-corrected chi connectivity index (χ2v) is 4.49. The van der Waals surface area contributed by atoms with Crippen LogP contribution in [0.4, 0.5) is 0 Å². The Morgan fingerprint density at radius 3 is 1.76 bits per heavy atom. The molecule has 1 aliphatic heterocycles. The van der Waals surface area contributed by atoms with Crippen molar-refractivity contribution < 1.29 is 59.0 Å². The molecule has 0 spiro atoms. The topological polar surface area (TPSA) is 46.7 Å². The van der Waals surface area contributed by atoms with E-state index in [0.717, 1.165) is 31.6 Å². The summed E-state index contributed by atoms with van der Waals surface area (Å²) in [7, 11) is 0. The van der Waals surface area contributed by atoms with Crippen LogP contribution in [-0.2, 0) is 53.8 Å². The monoisotopic (exact) mass is 486 g/mol. The van der Waals surface area contributed by atoms with Crippen LogP contribution in [0.2, 0.25) is 0 Å². The molecule has 0 amide bonds. The predicted octanol–water partition coefficient (Wildman–Crippen LogP) is 3.69. The summed E-state index contributed by atoms with van der Waals surface area (Å²) in [5.74, 6) is 0. The molecule has 0 aromatic rings. The van der Waals surface area contributed by atoms with Crippen molar-refractivity contribution in [2.75, 3.05) is 13.1 Å². The Kier molecular flexibility index (Phi) is 24.0. The Bertz CT molecular complexity index is 174. The number of hydrogen-bond acceptors (Lipinski definition) is 2. The van der Waals surface area contributed by atoms with Crippen molar-refractivity contribution in [3.63, 3.8) is 0 Å². The van der Waals surface area contributed by atoms with Gasteiger partial charge in [0.2, 0.25) is 0 Å². The third-order valence-electron chi connectivity index (χ3n) is 2.12. The molecule has 3 nitrogen and oxygen atoms in total. The van der Waals surface area contributed by atoms with E-state index in [1.165, 1.54) is 0 Å². The Morgan fingerprint density at radius 1 is 1.24 bits per heavy atom. The van der Waals surface area contributed by atoms with E-state index in [2.05, 4.69) is 44.6 Å². The van der Waals surface area contributed by atoms with Crippen LogP contribution >= 0.6 is 0 Å². The van der Waals surface area contributed by atoms with E-state index in [1.807, 2.05) is 0 Å². The van der Waals surface area contributed by atoms with Gasteiger partial charge in [-0.3, -0.25) is 0 Å². The standard InChI is InChI=1S/C6H13.C5H9N2O.CH3.W.Y/c1-5-6(2,3)4;8-7-5-1-3-6-4-2-5;;;/h5H,1-4H3;8H,1-4H2;1H3;;/q3*-1;;. The largest absolute Gasteiger partial charge is 0.662 e. The van der Waals surface area contributed by atoms with Gasteiger partial charge in [-0.15, -0.1) is 13.1 Å². The van der Waals surface area contributed by atoms with Crippen LogP contribution in [0.25, 0.3) is 5.32 Å². The summed E-state index contributed by atoms with van der Waals surface area (Å²) in [5.41, 5.74) is 1.31. The quantitative estimate of drug-likeness (QED) is 0.317. The van der Waals surface area contributed by atoms with E-state index in [0.29, 0.717) is 5.41 Å². The summed E-state index contributed by atoms with van der Waals surface area (Å²) >= 11 is 0. The normalized spacial score (nSPS) is 14.0. The van der Waals surface area contributed by atoms with Gasteiger partial charge in [0.05, 0.1) is 5.71 Å². The van der Waals surface area contributed by atoms with E-state index >= 15 is 0 Å².